The summed E-state index contributed by atoms with van der Waals surface area (Å²) in [5, 5.41) is 13.4. The number of anilines is 1. The van der Waals surface area contributed by atoms with Gasteiger partial charge in [-0.1, -0.05) is 24.3 Å². The molecule has 3 aromatic carbocycles. The molecule has 4 aromatic rings. The predicted molar refractivity (Wildman–Crippen MR) is 191 cm³/mol. The van der Waals surface area contributed by atoms with Crippen molar-refractivity contribution in [2.24, 2.45) is 7.05 Å². The third-order valence-electron chi connectivity index (χ3n) is 11.2. The molecule has 2 atom stereocenters. The van der Waals surface area contributed by atoms with Crippen molar-refractivity contribution in [2.75, 3.05) is 43.6 Å². The van der Waals surface area contributed by atoms with E-state index < -0.39 is 51.9 Å². The van der Waals surface area contributed by atoms with Crippen molar-refractivity contribution in [3.63, 3.8) is 0 Å². The van der Waals surface area contributed by atoms with E-state index in [9.17, 15) is 37.5 Å². The van der Waals surface area contributed by atoms with E-state index in [2.05, 4.69) is 10.2 Å². The van der Waals surface area contributed by atoms with Gasteiger partial charge in [0.1, 0.15) is 24.0 Å². The summed E-state index contributed by atoms with van der Waals surface area (Å²) in [6.07, 6.45) is 2.84. The van der Waals surface area contributed by atoms with Crippen molar-refractivity contribution in [1.82, 2.24) is 29.0 Å². The van der Waals surface area contributed by atoms with Crippen LogP contribution in [0, 0.1) is 5.82 Å². The maximum absolute atomic E-state index is 15.6. The number of aryl methyl sites for hydroxylation is 1. The maximum Gasteiger partial charge on any atom is 0.329 e. The minimum absolute atomic E-state index is 0.00418. The number of amides is 4. The number of aromatic nitrogens is 2. The van der Waals surface area contributed by atoms with Gasteiger partial charge in [0.25, 0.3) is 5.91 Å². The van der Waals surface area contributed by atoms with Crippen LogP contribution in [0.25, 0.3) is 21.8 Å². The fourth-order valence-electron chi connectivity index (χ4n) is 8.33. The van der Waals surface area contributed by atoms with Crippen LogP contribution in [0.3, 0.4) is 0 Å². The third-order valence-corrected chi connectivity index (χ3v) is 12.6. The Labute approximate surface area is 303 Å². The van der Waals surface area contributed by atoms with Crippen molar-refractivity contribution in [3.8, 4) is 5.75 Å². The number of likely N-dealkylation sites (tertiary alicyclic amines) is 2. The van der Waals surface area contributed by atoms with E-state index in [0.29, 0.717) is 34.7 Å². The number of rotatable bonds is 6. The average molecular weight is 748 g/mol. The van der Waals surface area contributed by atoms with Gasteiger partial charge in [-0.2, -0.15) is 8.42 Å². The molecule has 4 saturated heterocycles. The normalized spacial score (nSPS) is 22.6. The Bertz CT molecular complexity index is 2400. The Hall–Kier alpha value is -5.29. The second-order valence-electron chi connectivity index (χ2n) is 14.4. The summed E-state index contributed by atoms with van der Waals surface area (Å²) in [5.41, 5.74) is 2.45. The number of phenolic OH excluding ortho intramolecular Hbond substituents is 1. The summed E-state index contributed by atoms with van der Waals surface area (Å²) in [6.45, 7) is 2.17. The van der Waals surface area contributed by atoms with Crippen molar-refractivity contribution >= 4 is 61.3 Å². The van der Waals surface area contributed by atoms with E-state index in [1.165, 1.54) is 16.7 Å². The number of carbonyl (C=O) groups excluding carboxylic acids is 4. The van der Waals surface area contributed by atoms with Crippen LogP contribution in [0.1, 0.15) is 61.1 Å². The summed E-state index contributed by atoms with van der Waals surface area (Å²) in [7, 11) is -2.63. The molecular formula is C36H38FN7O8S. The minimum atomic E-state index is -4.32. The Morgan fingerprint density at radius 3 is 2.34 bits per heavy atom. The molecule has 17 heteroatoms. The fourth-order valence-corrected chi connectivity index (χ4v) is 9.50. The molecule has 4 aliphatic rings. The lowest BCUT2D eigenvalue weighted by atomic mass is 9.89. The third kappa shape index (κ3) is 6.10. The fraction of sp³-hybridized carbons (Fsp3) is 0.417. The first-order chi connectivity index (χ1) is 25.3. The van der Waals surface area contributed by atoms with Crippen LogP contribution in [0.2, 0.25) is 0 Å². The molecule has 3 N–H and O–H groups in total. The standard InChI is InChI=1S/C36H38FN7O8S/c1-40-28-15-22(3-5-26(28)44(36(40)50)27-6-7-30(46)38-35(27)49)20-8-11-41(12-9-20)19-32(48)42-13-10-23(17-42)21-2-4-25-24(14-21)16-29(45)34(33(25)37)43-18-31(47)39-53(43,51)52/h2-5,14-16,20,23,27,45H,6-13,17-19H2,1H3,(H,39,47)(H,38,46,49). The van der Waals surface area contributed by atoms with Gasteiger partial charge in [-0.15, -0.1) is 0 Å². The summed E-state index contributed by atoms with van der Waals surface area (Å²) in [6, 6.07) is 11.5. The summed E-state index contributed by atoms with van der Waals surface area (Å²) >= 11 is 0. The van der Waals surface area contributed by atoms with E-state index >= 15 is 4.39 Å². The Balaban J connectivity index is 0.891. The number of halogens is 1. The number of imidazole rings is 1. The van der Waals surface area contributed by atoms with Crippen LogP contribution < -0.4 is 20.0 Å². The Morgan fingerprint density at radius 2 is 1.62 bits per heavy atom. The highest BCUT2D eigenvalue weighted by molar-refractivity contribution is 7.92. The predicted octanol–water partition coefficient (Wildman–Crippen LogP) is 1.69. The van der Waals surface area contributed by atoms with E-state index in [4.69, 9.17) is 0 Å². The largest absolute Gasteiger partial charge is 0.506 e. The zero-order valence-electron chi connectivity index (χ0n) is 28.9. The SMILES string of the molecule is Cn1c(=O)n(C2CCC(=O)NC2=O)c2ccc(C3CCN(CC(=O)N4CCC(c5ccc6c(F)c(N7CC(=O)NS7(=O)=O)c(O)cc6c5)C4)CC3)cc21. The van der Waals surface area contributed by atoms with Crippen molar-refractivity contribution in [3.05, 3.63) is 69.9 Å². The minimum Gasteiger partial charge on any atom is -0.506 e. The topological polar surface area (TPSA) is 183 Å². The molecule has 1 aromatic heterocycles. The number of aromatic hydroxyl groups is 1. The van der Waals surface area contributed by atoms with Crippen molar-refractivity contribution in [2.45, 2.75) is 50.0 Å². The second-order valence-corrected chi connectivity index (χ2v) is 16.0. The van der Waals surface area contributed by atoms with Gasteiger partial charge in [0.05, 0.1) is 17.6 Å². The lowest BCUT2D eigenvalue weighted by Crippen LogP contribution is -2.44. The molecule has 0 bridgehead atoms. The zero-order valence-corrected chi connectivity index (χ0v) is 29.7. The molecule has 8 rings (SSSR count). The summed E-state index contributed by atoms with van der Waals surface area (Å²) < 4.78 is 45.5. The van der Waals surface area contributed by atoms with Gasteiger partial charge >= 0.3 is 15.9 Å². The molecule has 4 amide bonds. The average Bonchev–Trinajstić information content (AvgIpc) is 3.79. The number of carbonyl (C=O) groups is 4. The van der Waals surface area contributed by atoms with Gasteiger partial charge in [0.2, 0.25) is 17.7 Å². The number of piperidine rings is 2. The Morgan fingerprint density at radius 1 is 0.906 bits per heavy atom. The number of phenols is 1. The van der Waals surface area contributed by atoms with Gasteiger partial charge in [-0.25, -0.2) is 18.2 Å². The van der Waals surface area contributed by atoms with Crippen molar-refractivity contribution < 1.29 is 37.1 Å². The zero-order chi connectivity index (χ0) is 37.3. The molecule has 278 valence electrons. The Kier molecular flexibility index (Phi) is 8.52. The molecule has 53 heavy (non-hydrogen) atoms. The number of hydrogen-bond donors (Lipinski definition) is 3. The monoisotopic (exact) mass is 747 g/mol. The van der Waals surface area contributed by atoms with Crippen LogP contribution in [-0.4, -0.2) is 95.4 Å². The lowest BCUT2D eigenvalue weighted by molar-refractivity contribution is -0.136. The highest BCUT2D eigenvalue weighted by Crippen LogP contribution is 2.40. The number of fused-ring (bicyclic) bond motifs is 2. The van der Waals surface area contributed by atoms with Gasteiger partial charge in [0.15, 0.2) is 5.82 Å². The number of nitrogens with one attached hydrogen (secondary N) is 2. The molecule has 0 spiro atoms. The van der Waals surface area contributed by atoms with Gasteiger partial charge < -0.3 is 10.0 Å². The highest BCUT2D eigenvalue weighted by Gasteiger charge is 2.38. The molecular weight excluding hydrogens is 710 g/mol. The smallest absolute Gasteiger partial charge is 0.329 e. The maximum atomic E-state index is 15.6. The van der Waals surface area contributed by atoms with E-state index in [1.54, 1.807) is 28.5 Å². The first-order valence-corrected chi connectivity index (χ1v) is 19.1. The van der Waals surface area contributed by atoms with Crippen LogP contribution >= 0.6 is 0 Å². The molecule has 0 saturated carbocycles. The number of nitrogens with zero attached hydrogens (tertiary/aromatic N) is 5. The quantitative estimate of drug-likeness (QED) is 0.247. The molecule has 5 heterocycles. The molecule has 15 nitrogen and oxygen atoms in total. The molecule has 0 radical (unpaired) electrons. The second kappa shape index (κ2) is 13.0. The van der Waals surface area contributed by atoms with Gasteiger partial charge in [0, 0.05) is 37.9 Å². The first kappa shape index (κ1) is 34.8. The molecule has 0 aliphatic carbocycles. The molecule has 4 aliphatic heterocycles. The molecule has 2 unspecified atom stereocenters. The number of hydrogen-bond acceptors (Lipinski definition) is 9. The van der Waals surface area contributed by atoms with Crippen LogP contribution in [0.4, 0.5) is 10.1 Å². The van der Waals surface area contributed by atoms with Gasteiger partial charge in [-0.3, -0.25) is 38.5 Å². The van der Waals surface area contributed by atoms with Crippen LogP contribution in [0.5, 0.6) is 5.75 Å². The number of benzene rings is 3. The summed E-state index contributed by atoms with van der Waals surface area (Å²) in [5.74, 6) is -2.91. The van der Waals surface area contributed by atoms with Gasteiger partial charge in [-0.05, 0) is 79.4 Å². The van der Waals surface area contributed by atoms with Crippen molar-refractivity contribution in [1.29, 1.82) is 0 Å². The number of imide groups is 1. The van der Waals surface area contributed by atoms with E-state index in [1.807, 2.05) is 23.1 Å². The molecule has 4 fully saturated rings. The van der Waals surface area contributed by atoms with E-state index in [-0.39, 0.29) is 54.1 Å². The highest BCUT2D eigenvalue weighted by atomic mass is 32.2. The lowest BCUT2D eigenvalue weighted by Gasteiger charge is -2.32. The van der Waals surface area contributed by atoms with Crippen LogP contribution in [-0.2, 0) is 36.4 Å². The summed E-state index contributed by atoms with van der Waals surface area (Å²) in [4.78, 5) is 66.5. The first-order valence-electron chi connectivity index (χ1n) is 17.6. The van der Waals surface area contributed by atoms with E-state index in [0.717, 1.165) is 42.6 Å². The van der Waals surface area contributed by atoms with Crippen LogP contribution in [0.15, 0.2) is 47.3 Å².